The van der Waals surface area contributed by atoms with Crippen LogP contribution in [0.25, 0.3) is 0 Å². The second-order valence-corrected chi connectivity index (χ2v) is 5.58. The summed E-state index contributed by atoms with van der Waals surface area (Å²) in [7, 11) is 1.51. The van der Waals surface area contributed by atoms with Gasteiger partial charge in [0.1, 0.15) is 12.2 Å². The van der Waals surface area contributed by atoms with E-state index < -0.39 is 17.0 Å². The number of hydrogen-bond acceptors (Lipinski definition) is 5. The molecule has 106 valence electrons. The Bertz CT molecular complexity index is 443. The molecular formula is C14H20O5. The van der Waals surface area contributed by atoms with Crippen LogP contribution in [0.5, 0.6) is 0 Å². The molecule has 0 aromatic heterocycles. The van der Waals surface area contributed by atoms with Crippen LogP contribution in [-0.4, -0.2) is 42.8 Å². The van der Waals surface area contributed by atoms with E-state index in [0.717, 1.165) is 12.8 Å². The minimum absolute atomic E-state index is 0.0148. The van der Waals surface area contributed by atoms with Crippen LogP contribution in [0.15, 0.2) is 11.1 Å². The Hall–Kier alpha value is -1.20. The van der Waals surface area contributed by atoms with Crippen molar-refractivity contribution in [2.24, 2.45) is 5.41 Å². The van der Waals surface area contributed by atoms with E-state index in [-0.39, 0.29) is 24.4 Å². The minimum atomic E-state index is -1.05. The van der Waals surface area contributed by atoms with Gasteiger partial charge in [0.25, 0.3) is 0 Å². The van der Waals surface area contributed by atoms with Crippen LogP contribution < -0.4 is 0 Å². The van der Waals surface area contributed by atoms with E-state index in [1.54, 1.807) is 13.8 Å². The highest BCUT2D eigenvalue weighted by atomic mass is 16.6. The molecule has 0 aromatic carbocycles. The fourth-order valence-electron chi connectivity index (χ4n) is 3.02. The van der Waals surface area contributed by atoms with Gasteiger partial charge in [-0.25, -0.2) is 4.79 Å². The van der Waals surface area contributed by atoms with Crippen LogP contribution in [0, 0.1) is 5.41 Å². The standard InChI is InChI=1S/C14H20O5/c1-9-11(12(16)19-7-6-18-3)10(15)8-13(2,17)14(9)4-5-14/h17H,4-8H2,1-3H3. The Morgan fingerprint density at radius 3 is 2.53 bits per heavy atom. The Kier molecular flexibility index (Phi) is 3.53. The van der Waals surface area contributed by atoms with Crippen molar-refractivity contribution >= 4 is 11.8 Å². The van der Waals surface area contributed by atoms with Gasteiger partial charge in [-0.2, -0.15) is 0 Å². The molecule has 0 amide bonds. The molecule has 2 aliphatic rings. The first-order valence-electron chi connectivity index (χ1n) is 6.49. The smallest absolute Gasteiger partial charge is 0.341 e. The van der Waals surface area contributed by atoms with E-state index in [1.165, 1.54) is 7.11 Å². The highest BCUT2D eigenvalue weighted by Crippen LogP contribution is 2.63. The first-order chi connectivity index (χ1) is 8.85. The lowest BCUT2D eigenvalue weighted by Crippen LogP contribution is -2.45. The topological polar surface area (TPSA) is 72.8 Å². The molecule has 1 saturated carbocycles. The molecule has 5 heteroatoms. The number of hydrogen-bond donors (Lipinski definition) is 1. The molecule has 1 N–H and O–H groups in total. The highest BCUT2D eigenvalue weighted by Gasteiger charge is 2.62. The Labute approximate surface area is 112 Å². The summed E-state index contributed by atoms with van der Waals surface area (Å²) in [5, 5.41) is 10.4. The number of Topliss-reactive ketones (excluding diaryl/α,β-unsaturated/α-hetero) is 1. The van der Waals surface area contributed by atoms with E-state index in [2.05, 4.69) is 0 Å². The number of methoxy groups -OCH3 is 1. The molecule has 19 heavy (non-hydrogen) atoms. The van der Waals surface area contributed by atoms with E-state index in [0.29, 0.717) is 12.2 Å². The number of ether oxygens (including phenoxy) is 2. The summed E-state index contributed by atoms with van der Waals surface area (Å²) in [5.41, 5.74) is -0.655. The van der Waals surface area contributed by atoms with Gasteiger partial charge in [-0.05, 0) is 32.3 Å². The zero-order valence-corrected chi connectivity index (χ0v) is 11.6. The normalized spacial score (nSPS) is 28.7. The maximum absolute atomic E-state index is 12.1. The van der Waals surface area contributed by atoms with Gasteiger partial charge in [0.05, 0.1) is 12.2 Å². The van der Waals surface area contributed by atoms with Crippen molar-refractivity contribution in [1.29, 1.82) is 0 Å². The van der Waals surface area contributed by atoms with E-state index >= 15 is 0 Å². The van der Waals surface area contributed by atoms with Gasteiger partial charge in [-0.1, -0.05) is 0 Å². The fourth-order valence-corrected chi connectivity index (χ4v) is 3.02. The van der Waals surface area contributed by atoms with Gasteiger partial charge < -0.3 is 14.6 Å². The van der Waals surface area contributed by atoms with Crippen LogP contribution in [0.3, 0.4) is 0 Å². The molecule has 5 nitrogen and oxygen atoms in total. The zero-order chi connectivity index (χ0) is 14.3. The Morgan fingerprint density at radius 1 is 1.37 bits per heavy atom. The molecule has 0 aliphatic heterocycles. The summed E-state index contributed by atoms with van der Waals surface area (Å²) in [4.78, 5) is 24.0. The van der Waals surface area contributed by atoms with Crippen molar-refractivity contribution in [2.45, 2.75) is 38.7 Å². The third kappa shape index (κ3) is 2.21. The lowest BCUT2D eigenvalue weighted by Gasteiger charge is -2.38. The molecule has 2 aliphatic carbocycles. The SMILES string of the molecule is COCCOC(=O)C1=C(C)C2(CC2)C(C)(O)CC1=O. The molecule has 0 heterocycles. The third-order valence-corrected chi connectivity index (χ3v) is 4.38. The number of esters is 1. The summed E-state index contributed by atoms with van der Waals surface area (Å²) < 4.78 is 9.83. The van der Waals surface area contributed by atoms with E-state index in [4.69, 9.17) is 9.47 Å². The van der Waals surface area contributed by atoms with Crippen molar-refractivity contribution in [3.8, 4) is 0 Å². The number of carbonyl (C=O) groups excluding carboxylic acids is 2. The van der Waals surface area contributed by atoms with Crippen molar-refractivity contribution in [1.82, 2.24) is 0 Å². The molecule has 0 radical (unpaired) electrons. The van der Waals surface area contributed by atoms with E-state index in [1.807, 2.05) is 0 Å². The number of rotatable bonds is 4. The van der Waals surface area contributed by atoms with E-state index in [9.17, 15) is 14.7 Å². The van der Waals surface area contributed by atoms with Gasteiger partial charge in [0, 0.05) is 18.9 Å². The van der Waals surface area contributed by atoms with Crippen molar-refractivity contribution in [2.75, 3.05) is 20.3 Å². The Morgan fingerprint density at radius 2 is 2.00 bits per heavy atom. The second kappa shape index (κ2) is 4.72. The zero-order valence-electron chi connectivity index (χ0n) is 11.6. The molecule has 1 fully saturated rings. The summed E-state index contributed by atoms with van der Waals surface area (Å²) in [6, 6.07) is 0. The molecule has 0 saturated heterocycles. The summed E-state index contributed by atoms with van der Waals surface area (Å²) >= 11 is 0. The second-order valence-electron chi connectivity index (χ2n) is 5.58. The van der Waals surface area contributed by atoms with Crippen molar-refractivity contribution in [3.63, 3.8) is 0 Å². The lowest BCUT2D eigenvalue weighted by atomic mass is 9.70. The summed E-state index contributed by atoms with van der Waals surface area (Å²) in [6.45, 7) is 3.86. The van der Waals surface area contributed by atoms with Crippen LogP contribution in [0.2, 0.25) is 0 Å². The van der Waals surface area contributed by atoms with Crippen molar-refractivity contribution < 1.29 is 24.2 Å². The van der Waals surface area contributed by atoms with Gasteiger partial charge in [-0.15, -0.1) is 0 Å². The molecule has 0 aromatic rings. The highest BCUT2D eigenvalue weighted by molar-refractivity contribution is 6.19. The van der Waals surface area contributed by atoms with Gasteiger partial charge in [0.15, 0.2) is 5.78 Å². The Balaban J connectivity index is 2.24. The average Bonchev–Trinajstić information content (AvgIpc) is 3.08. The first kappa shape index (κ1) is 14.2. The quantitative estimate of drug-likeness (QED) is 0.468. The molecule has 1 atom stereocenters. The van der Waals surface area contributed by atoms with Crippen LogP contribution >= 0.6 is 0 Å². The van der Waals surface area contributed by atoms with Crippen LogP contribution in [0.1, 0.15) is 33.1 Å². The maximum Gasteiger partial charge on any atom is 0.341 e. The lowest BCUT2D eigenvalue weighted by molar-refractivity contribution is -0.143. The average molecular weight is 268 g/mol. The molecule has 2 rings (SSSR count). The summed E-state index contributed by atoms with van der Waals surface area (Å²) in [6.07, 6.45) is 1.61. The third-order valence-electron chi connectivity index (χ3n) is 4.38. The number of aliphatic hydroxyl groups is 1. The summed E-state index contributed by atoms with van der Waals surface area (Å²) in [5.74, 6) is -0.927. The predicted molar refractivity (Wildman–Crippen MR) is 67.4 cm³/mol. The largest absolute Gasteiger partial charge is 0.460 e. The van der Waals surface area contributed by atoms with Crippen LogP contribution in [0.4, 0.5) is 0 Å². The first-order valence-corrected chi connectivity index (χ1v) is 6.49. The van der Waals surface area contributed by atoms with Gasteiger partial charge >= 0.3 is 5.97 Å². The maximum atomic E-state index is 12.1. The fraction of sp³-hybridized carbons (Fsp3) is 0.714. The van der Waals surface area contributed by atoms with Gasteiger partial charge in [-0.3, -0.25) is 4.79 Å². The number of ketones is 1. The molecule has 1 unspecified atom stereocenters. The minimum Gasteiger partial charge on any atom is -0.460 e. The predicted octanol–water partition coefficient (Wildman–Crippen LogP) is 0.997. The molecule has 1 spiro atoms. The van der Waals surface area contributed by atoms with Crippen molar-refractivity contribution in [3.05, 3.63) is 11.1 Å². The number of carbonyl (C=O) groups is 2. The van der Waals surface area contributed by atoms with Gasteiger partial charge in [0.2, 0.25) is 0 Å². The monoisotopic (exact) mass is 268 g/mol. The molecule has 0 bridgehead atoms. The van der Waals surface area contributed by atoms with Crippen LogP contribution in [-0.2, 0) is 19.1 Å². The molecular weight excluding hydrogens is 248 g/mol.